The second-order valence-electron chi connectivity index (χ2n) is 21.1. The average Bonchev–Trinajstić information content (AvgIpc) is 3.36. The molecule has 2 rings (SSSR count). The van der Waals surface area contributed by atoms with E-state index >= 15 is 0 Å². The molecule has 1 aliphatic rings. The number of carbonyl (C=O) groups excluding carboxylic acids is 8. The van der Waals surface area contributed by atoms with Gasteiger partial charge in [0.15, 0.2) is 6.10 Å². The maximum Gasteiger partial charge on any atom is 0.434 e. The Morgan fingerprint density at radius 1 is 0.689 bits per heavy atom. The van der Waals surface area contributed by atoms with Crippen molar-refractivity contribution in [1.29, 1.82) is 5.26 Å². The second kappa shape index (κ2) is 33.2. The van der Waals surface area contributed by atoms with Crippen LogP contribution in [0.25, 0.3) is 0 Å². The summed E-state index contributed by atoms with van der Waals surface area (Å²) in [5.74, 6) is -5.28. The van der Waals surface area contributed by atoms with Gasteiger partial charge in [0.2, 0.25) is 29.5 Å². The fourth-order valence-electron chi connectivity index (χ4n) is 9.02. The normalized spacial score (nSPS) is 23.1. The minimum absolute atomic E-state index is 0.0146. The van der Waals surface area contributed by atoms with E-state index in [0.29, 0.717) is 0 Å². The van der Waals surface area contributed by atoms with Gasteiger partial charge in [0.05, 0.1) is 19.7 Å². The van der Waals surface area contributed by atoms with Crippen LogP contribution in [0.2, 0.25) is 0 Å². The average molecular weight is 1040 g/mol. The molecule has 1 aromatic carbocycles. The van der Waals surface area contributed by atoms with Crippen molar-refractivity contribution >= 4 is 47.5 Å². The molecule has 1 heterocycles. The van der Waals surface area contributed by atoms with Crippen LogP contribution < -0.4 is 16.0 Å². The van der Waals surface area contributed by atoms with Crippen LogP contribution in [-0.2, 0) is 54.5 Å². The van der Waals surface area contributed by atoms with Crippen LogP contribution in [0.3, 0.4) is 0 Å². The molecule has 7 amide bonds. The summed E-state index contributed by atoms with van der Waals surface area (Å²) in [7, 11) is 5.63. The molecule has 0 saturated carbocycles. The molecule has 0 unspecified atom stereocenters. The summed E-state index contributed by atoms with van der Waals surface area (Å²) in [5, 5.41) is 19.3. The van der Waals surface area contributed by atoms with Crippen molar-refractivity contribution in [2.75, 3.05) is 34.8 Å². The van der Waals surface area contributed by atoms with E-state index in [-0.39, 0.29) is 88.2 Å². The summed E-state index contributed by atoms with van der Waals surface area (Å²) in [6.45, 7) is 16.9. The third-order valence-corrected chi connectivity index (χ3v) is 13.7. The lowest BCUT2D eigenvalue weighted by atomic mass is 9.94. The molecule has 19 nitrogen and oxygen atoms in total. The lowest BCUT2D eigenvalue weighted by molar-refractivity contribution is -0.163. The predicted molar refractivity (Wildman–Crippen MR) is 281 cm³/mol. The number of benzene rings is 1. The van der Waals surface area contributed by atoms with E-state index in [9.17, 15) is 43.6 Å². The predicted octanol–water partition coefficient (Wildman–Crippen LogP) is 6.68. The number of hydroxylamine groups is 2. The van der Waals surface area contributed by atoms with Crippen LogP contribution >= 0.6 is 0 Å². The van der Waals surface area contributed by atoms with Gasteiger partial charge in [-0.1, -0.05) is 124 Å². The van der Waals surface area contributed by atoms with E-state index in [0.717, 1.165) is 54.1 Å². The van der Waals surface area contributed by atoms with Gasteiger partial charge in [-0.2, -0.15) is 10.3 Å². The van der Waals surface area contributed by atoms with Gasteiger partial charge in [-0.15, -0.1) is 0 Å². The quantitative estimate of drug-likeness (QED) is 0.0769. The maximum absolute atomic E-state index is 15.0. The van der Waals surface area contributed by atoms with Crippen molar-refractivity contribution < 1.29 is 52.7 Å². The van der Waals surface area contributed by atoms with Gasteiger partial charge in [0.1, 0.15) is 42.9 Å². The van der Waals surface area contributed by atoms with Crippen molar-refractivity contribution in [1.82, 2.24) is 35.7 Å². The molecule has 3 N–H and O–H groups in total. The Labute approximate surface area is 441 Å². The molecule has 1 fully saturated rings. The Morgan fingerprint density at radius 2 is 1.18 bits per heavy atom. The smallest absolute Gasteiger partial charge is 0.434 e. The molecule has 0 bridgehead atoms. The number of hydrogen-bond donors (Lipinski definition) is 3. The number of esters is 1. The lowest BCUT2D eigenvalue weighted by Crippen LogP contribution is -2.60. The molecule has 19 heteroatoms. The summed E-state index contributed by atoms with van der Waals surface area (Å²) >= 11 is 0. The highest BCUT2D eigenvalue weighted by Crippen LogP contribution is 2.23. The largest absolute Gasteiger partial charge is 0.451 e. The number of nitrogens with zero attached hydrogens (tertiary/aromatic N) is 5. The molecule has 416 valence electrons. The van der Waals surface area contributed by atoms with E-state index in [1.54, 1.807) is 0 Å². The van der Waals surface area contributed by atoms with Gasteiger partial charge in [-0.3, -0.25) is 33.6 Å². The van der Waals surface area contributed by atoms with Gasteiger partial charge in [-0.05, 0) is 74.7 Å². The summed E-state index contributed by atoms with van der Waals surface area (Å²) in [5.41, 5.74) is 0.762. The zero-order chi connectivity index (χ0) is 55.7. The number of ether oxygens (including phenoxy) is 2. The number of nitrogens with one attached hydrogen (secondary N) is 3. The Bertz CT molecular complexity index is 2000. The molecule has 0 spiro atoms. The molecule has 0 aromatic heterocycles. The van der Waals surface area contributed by atoms with E-state index < -0.39 is 89.9 Å². The first kappa shape index (κ1) is 64.3. The molecule has 74 heavy (non-hydrogen) atoms. The Hall–Kier alpha value is -5.77. The Kier molecular flexibility index (Phi) is 28.9. The third kappa shape index (κ3) is 21.2. The van der Waals surface area contributed by atoms with E-state index in [2.05, 4.69) is 16.0 Å². The number of cyclic esters (lactones) is 1. The van der Waals surface area contributed by atoms with Crippen LogP contribution in [0.15, 0.2) is 30.3 Å². The van der Waals surface area contributed by atoms with Crippen molar-refractivity contribution in [2.24, 2.45) is 23.7 Å². The maximum atomic E-state index is 15.0. The minimum Gasteiger partial charge on any atom is -0.451 e. The first-order chi connectivity index (χ1) is 35.0. The number of likely N-dealkylation sites (N-methyl/N-ethyl adjacent to an activating group) is 3. The number of hydrogen-bond acceptors (Lipinski definition) is 12. The van der Waals surface area contributed by atoms with Crippen LogP contribution in [0, 0.1) is 35.0 Å². The molecular weight excluding hydrogens is 949 g/mol. The molecule has 1 aliphatic heterocycles. The summed E-state index contributed by atoms with van der Waals surface area (Å²) in [6, 6.07) is 3.88. The topological polar surface area (TPSA) is 237 Å². The van der Waals surface area contributed by atoms with Crippen molar-refractivity contribution in [3.63, 3.8) is 0 Å². The van der Waals surface area contributed by atoms with Crippen LogP contribution in [0.1, 0.15) is 158 Å². The van der Waals surface area contributed by atoms with Crippen LogP contribution in [-0.4, -0.2) is 144 Å². The van der Waals surface area contributed by atoms with E-state index in [4.69, 9.17) is 14.3 Å². The molecule has 1 saturated heterocycles. The summed E-state index contributed by atoms with van der Waals surface area (Å²) < 4.78 is 11.3. The van der Waals surface area contributed by atoms with Crippen molar-refractivity contribution in [3.05, 3.63) is 35.9 Å². The van der Waals surface area contributed by atoms with Gasteiger partial charge in [0, 0.05) is 34.0 Å². The van der Waals surface area contributed by atoms with Gasteiger partial charge in [0.25, 0.3) is 5.91 Å². The zero-order valence-corrected chi connectivity index (χ0v) is 46.8. The Morgan fingerprint density at radius 3 is 1.68 bits per heavy atom. The van der Waals surface area contributed by atoms with E-state index in [1.165, 1.54) is 45.0 Å². The minimum atomic E-state index is -1.52. The molecular formula is C55H90N8O11. The molecule has 0 radical (unpaired) electrons. The zero-order valence-electron chi connectivity index (χ0n) is 46.8. The van der Waals surface area contributed by atoms with Crippen LogP contribution in [0.4, 0.5) is 4.79 Å². The van der Waals surface area contributed by atoms with Crippen molar-refractivity contribution in [2.45, 2.75) is 201 Å². The SMILES string of the molecule is CCCC[C@@H](C)C[C@@H]1NC(=O)[C@H](CCCN(OC)C(=O)OCc2ccccc2)N(C)C(=O)[C@H](CC(C)C)NC(=O)[C@H](CC(C)C)N(C)C(=O)[C@H](C[C@H](C)CCCC)NC(=O)[C@@H](CCC#N)OC(=O)[C@H](C)N(C)C1=O. The van der Waals surface area contributed by atoms with Gasteiger partial charge < -0.3 is 40.1 Å². The summed E-state index contributed by atoms with van der Waals surface area (Å²) in [6.07, 6.45) is 3.09. The monoisotopic (exact) mass is 1040 g/mol. The molecule has 0 aliphatic carbocycles. The third-order valence-electron chi connectivity index (χ3n) is 13.7. The Balaban J connectivity index is 2.85. The highest BCUT2D eigenvalue weighted by Gasteiger charge is 2.41. The second-order valence-corrected chi connectivity index (χ2v) is 21.1. The fraction of sp³-hybridized carbons (Fsp3) is 0.727. The van der Waals surface area contributed by atoms with Crippen LogP contribution in [0.5, 0.6) is 0 Å². The number of unbranched alkanes of at least 4 members (excludes halogenated alkanes) is 2. The number of rotatable bonds is 23. The number of amides is 7. The first-order valence-corrected chi connectivity index (χ1v) is 26.8. The fourth-order valence-corrected chi connectivity index (χ4v) is 9.02. The molecule has 9 atom stereocenters. The van der Waals surface area contributed by atoms with Crippen molar-refractivity contribution in [3.8, 4) is 6.07 Å². The highest BCUT2D eigenvalue weighted by atomic mass is 16.7. The van der Waals surface area contributed by atoms with E-state index in [1.807, 2.05) is 91.8 Å². The highest BCUT2D eigenvalue weighted by molar-refractivity contribution is 5.97. The summed E-state index contributed by atoms with van der Waals surface area (Å²) in [4.78, 5) is 125. The standard InChI is InChI=1S/C55H90N8O11/c1-14-16-23-38(7)33-43-51(67)60(10)40(9)54(70)74-47(28-21-29-56)50(66)59-44(34-39(8)24-17-15-2)53(69)62(12)46(32-37(5)6)49(65)57-42(31-36(3)4)52(68)61(11)45(48(64)58-43)27-22-30-63(72-13)55(71)73-35-41-25-19-18-20-26-41/h18-20,25-26,36-40,42-47H,14-17,21-24,27-28,30-35H2,1-13H3,(H,57,65)(H,58,64)(H,59,66)/t38-,39-,40+,42+,43+,44+,45+,46+,47-/m1/s1. The number of nitriles is 1. The lowest BCUT2D eigenvalue weighted by Gasteiger charge is -2.36. The molecule has 1 aromatic rings. The first-order valence-electron chi connectivity index (χ1n) is 26.8. The van der Waals surface area contributed by atoms with Gasteiger partial charge in [-0.25, -0.2) is 9.59 Å². The number of carbonyl (C=O) groups is 8. The van der Waals surface area contributed by atoms with Gasteiger partial charge >= 0.3 is 12.1 Å².